The fourth-order valence-corrected chi connectivity index (χ4v) is 6.10. The topological polar surface area (TPSA) is 389 Å². The summed E-state index contributed by atoms with van der Waals surface area (Å²) < 4.78 is 46.7. The Balaban J connectivity index is 1.68. The quantitative estimate of drug-likeness (QED) is 0.102. The van der Waals surface area contributed by atoms with Crippen molar-refractivity contribution in [2.24, 2.45) is 0 Å². The maximum absolute atomic E-state index is 12.3. The van der Waals surface area contributed by atoms with Gasteiger partial charge in [0.2, 0.25) is 0 Å². The minimum atomic E-state index is -5.63. The molecule has 1 saturated heterocycles. The van der Waals surface area contributed by atoms with Gasteiger partial charge in [0.1, 0.15) is 97.7 Å². The van der Waals surface area contributed by atoms with E-state index in [1.54, 1.807) is 0 Å². The molecule has 248 valence electrons. The standard InChI is InChI=1S/C18H34O22P2/c19-3-2(1-36-42(34,35)40-17-8(24)6(22)5(21)7(23)9(17)25)37-18(14(30)4(3)20)38-15-10(26)12(28)16(13(29)11(15)27)39-41(31,32)33/h2-30H,1H2,(H,34,35)(H2,31,32,33)/p-2/t2-,3-,4+,5?,6-,7+,8-,9-,10-,11+,12-,13-,14+,15?,16?,17?,18-/m1/s1. The summed E-state index contributed by atoms with van der Waals surface area (Å²) in [6, 6.07) is 0. The number of phosphoric acid groups is 2. The number of hydrogen-bond acceptors (Lipinski definition) is 21. The number of phosphoric ester groups is 2. The van der Waals surface area contributed by atoms with E-state index in [-0.39, 0.29) is 0 Å². The van der Waals surface area contributed by atoms with Crippen LogP contribution in [0, 0.1) is 0 Å². The third kappa shape index (κ3) is 7.71. The van der Waals surface area contributed by atoms with Crippen LogP contribution < -0.4 is 9.79 Å². The molecule has 13 N–H and O–H groups in total. The Hall–Kier alpha value is -0.340. The zero-order valence-corrected chi connectivity index (χ0v) is 22.7. The number of aliphatic hydroxyl groups excluding tert-OH is 12. The molecule has 1 heterocycles. The first-order valence-electron chi connectivity index (χ1n) is 12.0. The molecule has 3 fully saturated rings. The van der Waals surface area contributed by atoms with E-state index in [2.05, 4.69) is 13.6 Å². The molecular weight excluding hydrogens is 630 g/mol. The molecule has 0 spiro atoms. The van der Waals surface area contributed by atoms with E-state index in [1.165, 1.54) is 0 Å². The van der Waals surface area contributed by atoms with Gasteiger partial charge in [-0.2, -0.15) is 0 Å². The molecule has 0 bridgehead atoms. The molecule has 2 aliphatic carbocycles. The molecule has 42 heavy (non-hydrogen) atoms. The van der Waals surface area contributed by atoms with E-state index >= 15 is 0 Å². The summed E-state index contributed by atoms with van der Waals surface area (Å²) in [5.41, 5.74) is 0. The highest BCUT2D eigenvalue weighted by Gasteiger charge is 2.54. The van der Waals surface area contributed by atoms with Crippen molar-refractivity contribution in [1.29, 1.82) is 0 Å². The Morgan fingerprint density at radius 2 is 0.929 bits per heavy atom. The van der Waals surface area contributed by atoms with Gasteiger partial charge < -0.3 is 99.0 Å². The molecule has 19 atom stereocenters. The summed E-state index contributed by atoms with van der Waals surface area (Å²) in [5, 5.41) is 120. The van der Waals surface area contributed by atoms with Crippen molar-refractivity contribution in [3.8, 4) is 0 Å². The van der Waals surface area contributed by atoms with Crippen LogP contribution in [0.1, 0.15) is 0 Å². The number of aliphatic hydroxyl groups is 12. The monoisotopic (exact) mass is 662 g/mol. The van der Waals surface area contributed by atoms with E-state index in [0.717, 1.165) is 0 Å². The fourth-order valence-electron chi connectivity index (χ4n) is 4.61. The fraction of sp³-hybridized carbons (Fsp3) is 1.00. The largest absolute Gasteiger partial charge is 0.756 e. The van der Waals surface area contributed by atoms with Gasteiger partial charge in [0.25, 0.3) is 15.6 Å². The molecule has 2 saturated carbocycles. The first-order chi connectivity index (χ1) is 19.2. The van der Waals surface area contributed by atoms with Gasteiger partial charge in [0.05, 0.1) is 6.61 Å². The van der Waals surface area contributed by atoms with E-state index < -0.39 is 126 Å². The SMILES string of the molecule is O=P([O-])(O)OC1[C@H](O)[C@H](O)C(O[C@H]2O[C@H](COP(=O)([O-])OC3[C@H](O)[C@H](O)C(O)[C@H](O)[C@H]3O)[C@@H](O)[C@H](O)[C@@H]2O)[C@H](O)[C@H]1O. The van der Waals surface area contributed by atoms with Crippen LogP contribution in [0.5, 0.6) is 0 Å². The lowest BCUT2D eigenvalue weighted by Gasteiger charge is -2.47. The lowest BCUT2D eigenvalue weighted by molar-refractivity contribution is -0.341. The Kier molecular flexibility index (Phi) is 11.7. The van der Waals surface area contributed by atoms with Gasteiger partial charge in [-0.25, -0.2) is 0 Å². The molecule has 22 nitrogen and oxygen atoms in total. The predicted octanol–water partition coefficient (Wildman–Crippen LogP) is -9.83. The maximum Gasteiger partial charge on any atom is 0.268 e. The zero-order valence-electron chi connectivity index (χ0n) is 20.9. The maximum atomic E-state index is 12.3. The Labute approximate surface area is 235 Å². The molecule has 0 radical (unpaired) electrons. The molecule has 0 aromatic carbocycles. The van der Waals surface area contributed by atoms with Gasteiger partial charge in [0, 0.05) is 0 Å². The number of hydrogen-bond donors (Lipinski definition) is 13. The minimum absolute atomic E-state index is 1.25. The van der Waals surface area contributed by atoms with Gasteiger partial charge >= 0.3 is 0 Å². The van der Waals surface area contributed by atoms with Gasteiger partial charge in [-0.1, -0.05) is 0 Å². The summed E-state index contributed by atoms with van der Waals surface area (Å²) in [6.45, 7) is -1.25. The number of rotatable bonds is 9. The molecule has 3 rings (SSSR count). The van der Waals surface area contributed by atoms with Crippen LogP contribution in [-0.2, 0) is 32.2 Å². The van der Waals surface area contributed by atoms with Crippen LogP contribution in [-0.4, -0.2) is 177 Å². The van der Waals surface area contributed by atoms with E-state index in [1.807, 2.05) is 0 Å². The minimum Gasteiger partial charge on any atom is -0.756 e. The summed E-state index contributed by atoms with van der Waals surface area (Å²) >= 11 is 0. The van der Waals surface area contributed by atoms with E-state index in [4.69, 9.17) is 14.4 Å². The Morgan fingerprint density at radius 3 is 1.40 bits per heavy atom. The van der Waals surface area contributed by atoms with Gasteiger partial charge in [-0.15, -0.1) is 0 Å². The van der Waals surface area contributed by atoms with Crippen molar-refractivity contribution in [2.75, 3.05) is 6.61 Å². The highest BCUT2D eigenvalue weighted by molar-refractivity contribution is 7.45. The highest BCUT2D eigenvalue weighted by Crippen LogP contribution is 2.44. The molecular formula is C18H32O22P2-2. The lowest BCUT2D eigenvalue weighted by Crippen LogP contribution is -2.67. The molecule has 1 aliphatic heterocycles. The van der Waals surface area contributed by atoms with Crippen molar-refractivity contribution >= 4 is 15.6 Å². The van der Waals surface area contributed by atoms with Crippen molar-refractivity contribution in [2.45, 2.75) is 104 Å². The molecule has 0 aromatic rings. The lowest BCUT2D eigenvalue weighted by atomic mass is 9.84. The molecule has 0 aromatic heterocycles. The zero-order chi connectivity index (χ0) is 32.1. The van der Waals surface area contributed by atoms with Gasteiger partial charge in [-0.3, -0.25) is 9.13 Å². The molecule has 6 unspecified atom stereocenters. The van der Waals surface area contributed by atoms with Crippen LogP contribution >= 0.6 is 15.6 Å². The van der Waals surface area contributed by atoms with Crippen LogP contribution in [0.3, 0.4) is 0 Å². The summed E-state index contributed by atoms with van der Waals surface area (Å²) in [4.78, 5) is 32.1. The van der Waals surface area contributed by atoms with Gasteiger partial charge in [-0.05, 0) is 0 Å². The summed E-state index contributed by atoms with van der Waals surface area (Å²) in [5.74, 6) is 0. The predicted molar refractivity (Wildman–Crippen MR) is 119 cm³/mol. The smallest absolute Gasteiger partial charge is 0.268 e. The second kappa shape index (κ2) is 13.6. The Morgan fingerprint density at radius 1 is 0.548 bits per heavy atom. The highest BCUT2D eigenvalue weighted by atomic mass is 31.2. The average Bonchev–Trinajstić information content (AvgIpc) is 2.91. The third-order valence-corrected chi connectivity index (χ3v) is 8.46. The van der Waals surface area contributed by atoms with Crippen molar-refractivity contribution < 1.29 is 108 Å². The van der Waals surface area contributed by atoms with Crippen molar-refractivity contribution in [3.05, 3.63) is 0 Å². The second-order valence-corrected chi connectivity index (χ2v) is 12.4. The van der Waals surface area contributed by atoms with Crippen molar-refractivity contribution in [1.82, 2.24) is 0 Å². The van der Waals surface area contributed by atoms with Gasteiger partial charge in [0.15, 0.2) is 6.29 Å². The first-order valence-corrected chi connectivity index (χ1v) is 15.0. The summed E-state index contributed by atoms with van der Waals surface area (Å²) in [7, 11) is -11.2. The van der Waals surface area contributed by atoms with E-state index in [0.29, 0.717) is 0 Å². The van der Waals surface area contributed by atoms with Crippen LogP contribution in [0.2, 0.25) is 0 Å². The molecule has 0 amide bonds. The van der Waals surface area contributed by atoms with Crippen LogP contribution in [0.15, 0.2) is 0 Å². The summed E-state index contributed by atoms with van der Waals surface area (Å²) in [6.07, 6.45) is -37.4. The molecule has 24 heteroatoms. The third-order valence-electron chi connectivity index (χ3n) is 6.98. The Bertz CT molecular complexity index is 966. The second-order valence-electron chi connectivity index (χ2n) is 9.88. The average molecular weight is 662 g/mol. The van der Waals surface area contributed by atoms with Crippen LogP contribution in [0.25, 0.3) is 0 Å². The van der Waals surface area contributed by atoms with Crippen LogP contribution in [0.4, 0.5) is 0 Å². The first kappa shape index (κ1) is 36.1. The molecule has 3 aliphatic rings. The van der Waals surface area contributed by atoms with Crippen molar-refractivity contribution in [3.63, 3.8) is 0 Å². The normalized spacial score (nSPS) is 51.5. The van der Waals surface area contributed by atoms with E-state index in [9.17, 15) is 80.2 Å². The number of ether oxygens (including phenoxy) is 2.